The van der Waals surface area contributed by atoms with Crippen molar-refractivity contribution >= 4 is 11.6 Å². The number of amides is 1. The predicted molar refractivity (Wildman–Crippen MR) is 94.2 cm³/mol. The summed E-state index contributed by atoms with van der Waals surface area (Å²) in [4.78, 5) is 12.4. The third-order valence-electron chi connectivity index (χ3n) is 4.48. The van der Waals surface area contributed by atoms with E-state index in [0.29, 0.717) is 5.92 Å². The summed E-state index contributed by atoms with van der Waals surface area (Å²) in [6, 6.07) is 20.0. The first kappa shape index (κ1) is 14.7. The molecule has 4 rings (SSSR count). The topological polar surface area (TPSA) is 46.9 Å². The van der Waals surface area contributed by atoms with Crippen molar-refractivity contribution in [2.45, 2.75) is 19.3 Å². The first-order chi connectivity index (χ1) is 11.7. The number of aromatic nitrogens is 2. The van der Waals surface area contributed by atoms with Gasteiger partial charge < -0.3 is 5.32 Å². The Morgan fingerprint density at radius 1 is 1.08 bits per heavy atom. The Morgan fingerprint density at radius 3 is 2.50 bits per heavy atom. The van der Waals surface area contributed by atoms with Crippen LogP contribution in [0.25, 0.3) is 5.69 Å². The van der Waals surface area contributed by atoms with E-state index in [1.54, 1.807) is 0 Å². The van der Waals surface area contributed by atoms with E-state index in [-0.39, 0.29) is 11.8 Å². The van der Waals surface area contributed by atoms with E-state index in [1.165, 1.54) is 5.56 Å². The van der Waals surface area contributed by atoms with E-state index >= 15 is 0 Å². The second-order valence-electron chi connectivity index (χ2n) is 6.30. The summed E-state index contributed by atoms with van der Waals surface area (Å²) >= 11 is 0. The second kappa shape index (κ2) is 5.96. The molecule has 0 radical (unpaired) electrons. The van der Waals surface area contributed by atoms with Gasteiger partial charge in [-0.25, -0.2) is 4.68 Å². The molecular formula is C20H19N3O. The van der Waals surface area contributed by atoms with E-state index in [0.717, 1.165) is 23.5 Å². The lowest BCUT2D eigenvalue weighted by Gasteiger charge is -2.07. The minimum atomic E-state index is 0.0841. The van der Waals surface area contributed by atoms with E-state index in [4.69, 9.17) is 0 Å². The molecule has 1 aliphatic carbocycles. The Bertz CT molecular complexity index is 852. The molecule has 1 aliphatic rings. The molecule has 1 heterocycles. The first-order valence-corrected chi connectivity index (χ1v) is 8.19. The summed E-state index contributed by atoms with van der Waals surface area (Å²) in [5.74, 6) is 0.546. The largest absolute Gasteiger partial charge is 0.326 e. The van der Waals surface area contributed by atoms with Gasteiger partial charge in [0.15, 0.2) is 0 Å². The maximum atomic E-state index is 12.4. The zero-order valence-corrected chi connectivity index (χ0v) is 13.5. The zero-order valence-electron chi connectivity index (χ0n) is 13.5. The van der Waals surface area contributed by atoms with Gasteiger partial charge in [-0.15, -0.1) is 0 Å². The molecule has 1 amide bonds. The molecule has 120 valence electrons. The highest BCUT2D eigenvalue weighted by molar-refractivity contribution is 5.95. The van der Waals surface area contributed by atoms with Gasteiger partial charge in [-0.2, -0.15) is 5.10 Å². The molecular weight excluding hydrogens is 298 g/mol. The summed E-state index contributed by atoms with van der Waals surface area (Å²) in [6.45, 7) is 1.96. The lowest BCUT2D eigenvalue weighted by Crippen LogP contribution is -2.14. The molecule has 0 unspecified atom stereocenters. The molecule has 4 heteroatoms. The molecule has 1 fully saturated rings. The Hall–Kier alpha value is -2.88. The zero-order chi connectivity index (χ0) is 16.5. The van der Waals surface area contributed by atoms with Crippen molar-refractivity contribution in [1.29, 1.82) is 0 Å². The van der Waals surface area contributed by atoms with Gasteiger partial charge in [0.1, 0.15) is 0 Å². The molecule has 0 spiro atoms. The quantitative estimate of drug-likeness (QED) is 0.792. The number of hydrogen-bond acceptors (Lipinski definition) is 2. The third kappa shape index (κ3) is 2.95. The molecule has 4 nitrogen and oxygen atoms in total. The fourth-order valence-corrected chi connectivity index (χ4v) is 3.04. The summed E-state index contributed by atoms with van der Waals surface area (Å²) < 4.78 is 1.83. The lowest BCUT2D eigenvalue weighted by atomic mass is 10.1. The smallest absolute Gasteiger partial charge is 0.228 e. The number of benzene rings is 2. The Kier molecular flexibility index (Phi) is 3.65. The maximum Gasteiger partial charge on any atom is 0.228 e. The molecule has 3 aromatic rings. The summed E-state index contributed by atoms with van der Waals surface area (Å²) in [6.07, 6.45) is 2.86. The van der Waals surface area contributed by atoms with Gasteiger partial charge in [-0.05, 0) is 55.2 Å². The Labute approximate surface area is 141 Å². The minimum absolute atomic E-state index is 0.0841. The van der Waals surface area contributed by atoms with Gasteiger partial charge in [0.2, 0.25) is 5.91 Å². The van der Waals surface area contributed by atoms with Crippen LogP contribution in [-0.2, 0) is 4.79 Å². The van der Waals surface area contributed by atoms with Crippen LogP contribution in [0.5, 0.6) is 0 Å². The highest BCUT2D eigenvalue weighted by Gasteiger charge is 2.43. The SMILES string of the molecule is Cc1ccn(-c2ccc(NC(=O)[C@H]3C[C@H]3c3ccccc3)cc2)n1. The van der Waals surface area contributed by atoms with Crippen LogP contribution >= 0.6 is 0 Å². The fraction of sp³-hybridized carbons (Fsp3) is 0.200. The molecule has 1 saturated carbocycles. The monoisotopic (exact) mass is 317 g/mol. The van der Waals surface area contributed by atoms with Gasteiger partial charge in [0.05, 0.1) is 11.4 Å². The predicted octanol–water partition coefficient (Wildman–Crippen LogP) is 3.92. The van der Waals surface area contributed by atoms with Crippen LogP contribution in [0.2, 0.25) is 0 Å². The number of carbonyl (C=O) groups is 1. The van der Waals surface area contributed by atoms with Gasteiger partial charge >= 0.3 is 0 Å². The summed E-state index contributed by atoms with van der Waals surface area (Å²) in [7, 11) is 0. The van der Waals surface area contributed by atoms with Crippen molar-refractivity contribution in [1.82, 2.24) is 9.78 Å². The number of hydrogen-bond donors (Lipinski definition) is 1. The minimum Gasteiger partial charge on any atom is -0.326 e. The first-order valence-electron chi connectivity index (χ1n) is 8.19. The molecule has 0 aliphatic heterocycles. The van der Waals surface area contributed by atoms with Crippen molar-refractivity contribution in [2.75, 3.05) is 5.32 Å². The van der Waals surface area contributed by atoms with Crippen LogP contribution in [-0.4, -0.2) is 15.7 Å². The molecule has 24 heavy (non-hydrogen) atoms. The number of carbonyl (C=O) groups excluding carboxylic acids is 1. The number of nitrogens with one attached hydrogen (secondary N) is 1. The van der Waals surface area contributed by atoms with Crippen LogP contribution in [0, 0.1) is 12.8 Å². The van der Waals surface area contributed by atoms with Gasteiger partial charge in [0.25, 0.3) is 0 Å². The highest BCUT2D eigenvalue weighted by Crippen LogP contribution is 2.47. The van der Waals surface area contributed by atoms with Crippen LogP contribution in [0.1, 0.15) is 23.6 Å². The summed E-state index contributed by atoms with van der Waals surface area (Å²) in [5.41, 5.74) is 4.04. The van der Waals surface area contributed by atoms with Crippen LogP contribution in [0.4, 0.5) is 5.69 Å². The van der Waals surface area contributed by atoms with E-state index in [9.17, 15) is 4.79 Å². The van der Waals surface area contributed by atoms with Crippen molar-refractivity contribution < 1.29 is 4.79 Å². The Balaban J connectivity index is 1.40. The van der Waals surface area contributed by atoms with E-state index < -0.39 is 0 Å². The van der Waals surface area contributed by atoms with E-state index in [2.05, 4.69) is 22.5 Å². The van der Waals surface area contributed by atoms with Crippen molar-refractivity contribution in [3.63, 3.8) is 0 Å². The number of rotatable bonds is 4. The van der Waals surface area contributed by atoms with Gasteiger partial charge in [-0.1, -0.05) is 30.3 Å². The number of anilines is 1. The van der Waals surface area contributed by atoms with Crippen molar-refractivity contribution in [3.8, 4) is 5.69 Å². The normalized spacial score (nSPS) is 19.0. The van der Waals surface area contributed by atoms with E-state index in [1.807, 2.05) is 66.3 Å². The molecule has 1 N–H and O–H groups in total. The third-order valence-corrected chi connectivity index (χ3v) is 4.48. The average Bonchev–Trinajstić information content (AvgIpc) is 3.31. The van der Waals surface area contributed by atoms with Crippen molar-refractivity contribution in [2.24, 2.45) is 5.92 Å². The molecule has 0 saturated heterocycles. The van der Waals surface area contributed by atoms with Crippen molar-refractivity contribution in [3.05, 3.63) is 78.1 Å². The van der Waals surface area contributed by atoms with Crippen LogP contribution in [0.15, 0.2) is 66.9 Å². The van der Waals surface area contributed by atoms with Gasteiger partial charge in [0, 0.05) is 17.8 Å². The highest BCUT2D eigenvalue weighted by atomic mass is 16.2. The number of nitrogens with zero attached hydrogens (tertiary/aromatic N) is 2. The molecule has 0 bridgehead atoms. The van der Waals surface area contributed by atoms with Gasteiger partial charge in [-0.3, -0.25) is 4.79 Å². The lowest BCUT2D eigenvalue weighted by molar-refractivity contribution is -0.117. The summed E-state index contributed by atoms with van der Waals surface area (Å²) in [5, 5.41) is 7.40. The van der Waals surface area contributed by atoms with Crippen LogP contribution < -0.4 is 5.32 Å². The maximum absolute atomic E-state index is 12.4. The molecule has 1 aromatic heterocycles. The fourth-order valence-electron chi connectivity index (χ4n) is 3.04. The second-order valence-corrected chi connectivity index (χ2v) is 6.30. The average molecular weight is 317 g/mol. The Morgan fingerprint density at radius 2 is 1.83 bits per heavy atom. The number of aryl methyl sites for hydroxylation is 1. The van der Waals surface area contributed by atoms with Crippen LogP contribution in [0.3, 0.4) is 0 Å². The molecule has 2 aromatic carbocycles. The standard InChI is InChI=1S/C20H19N3O/c1-14-11-12-23(22-14)17-9-7-16(8-10-17)21-20(24)19-13-18(19)15-5-3-2-4-6-15/h2-12,18-19H,13H2,1H3,(H,21,24)/t18-,19-/m0/s1. The molecule has 2 atom stereocenters.